The van der Waals surface area contributed by atoms with Gasteiger partial charge in [-0.1, -0.05) is 23.2 Å². The van der Waals surface area contributed by atoms with E-state index in [-0.39, 0.29) is 20.5 Å². The number of hydrogen-bond acceptors (Lipinski definition) is 3. The molecule has 24 heavy (non-hydrogen) atoms. The molecule has 0 unspecified atom stereocenters. The second-order valence-corrected chi connectivity index (χ2v) is 7.42. The number of carboxylic acids is 1. The van der Waals surface area contributed by atoms with Gasteiger partial charge in [-0.25, -0.2) is 13.2 Å². The zero-order valence-electron chi connectivity index (χ0n) is 11.9. The molecule has 1 heterocycles. The molecule has 2 aromatic carbocycles. The molecule has 0 bridgehead atoms. The molecule has 0 radical (unpaired) electrons. The molecule has 3 aromatic rings. The standard InChI is InChI=1S/C15H10Cl2N2O4S/c16-11-7-12(17)14(6-10(11)15(20)21)24(22,23)19-9-1-2-13-8(5-9)3-4-18-13/h1-7,18-19H,(H,20,21). The van der Waals surface area contributed by atoms with Crippen LogP contribution in [0.5, 0.6) is 0 Å². The monoisotopic (exact) mass is 384 g/mol. The molecule has 0 aliphatic heterocycles. The summed E-state index contributed by atoms with van der Waals surface area (Å²) in [5.74, 6) is -1.35. The largest absolute Gasteiger partial charge is 0.478 e. The maximum atomic E-state index is 12.5. The smallest absolute Gasteiger partial charge is 0.337 e. The lowest BCUT2D eigenvalue weighted by molar-refractivity contribution is 0.0697. The first-order valence-corrected chi connectivity index (χ1v) is 8.84. The van der Waals surface area contributed by atoms with Gasteiger partial charge in [0.15, 0.2) is 0 Å². The Hall–Kier alpha value is -2.22. The first-order chi connectivity index (χ1) is 11.3. The summed E-state index contributed by atoms with van der Waals surface area (Å²) in [5.41, 5.74) is 0.836. The van der Waals surface area contributed by atoms with Gasteiger partial charge in [-0.15, -0.1) is 0 Å². The van der Waals surface area contributed by atoms with Crippen molar-refractivity contribution in [1.29, 1.82) is 0 Å². The van der Waals surface area contributed by atoms with E-state index >= 15 is 0 Å². The second kappa shape index (κ2) is 6.01. The van der Waals surface area contributed by atoms with Gasteiger partial charge >= 0.3 is 5.97 Å². The van der Waals surface area contributed by atoms with Crippen molar-refractivity contribution in [3.8, 4) is 0 Å². The zero-order valence-corrected chi connectivity index (χ0v) is 14.2. The minimum Gasteiger partial charge on any atom is -0.478 e. The zero-order chi connectivity index (χ0) is 17.5. The quantitative estimate of drug-likeness (QED) is 0.633. The molecule has 0 amide bonds. The van der Waals surface area contributed by atoms with Crippen molar-refractivity contribution >= 4 is 55.8 Å². The van der Waals surface area contributed by atoms with Gasteiger partial charge in [-0.05, 0) is 36.4 Å². The number of halogens is 2. The average Bonchev–Trinajstić information content (AvgIpc) is 2.93. The van der Waals surface area contributed by atoms with Crippen molar-refractivity contribution in [1.82, 2.24) is 4.98 Å². The molecule has 0 saturated carbocycles. The lowest BCUT2D eigenvalue weighted by Gasteiger charge is -2.11. The Kier molecular flexibility index (Phi) is 4.16. The Morgan fingerprint density at radius 1 is 1.08 bits per heavy atom. The van der Waals surface area contributed by atoms with Crippen LogP contribution in [0, 0.1) is 0 Å². The van der Waals surface area contributed by atoms with E-state index < -0.39 is 16.0 Å². The molecule has 9 heteroatoms. The number of carbonyl (C=O) groups is 1. The van der Waals surface area contributed by atoms with Crippen LogP contribution in [-0.2, 0) is 10.0 Å². The Morgan fingerprint density at radius 3 is 2.54 bits per heavy atom. The number of fused-ring (bicyclic) bond motifs is 1. The fourth-order valence-electron chi connectivity index (χ4n) is 2.23. The van der Waals surface area contributed by atoms with E-state index in [1.165, 1.54) is 0 Å². The normalized spacial score (nSPS) is 11.6. The summed E-state index contributed by atoms with van der Waals surface area (Å²) < 4.78 is 27.5. The van der Waals surface area contributed by atoms with Crippen LogP contribution in [0.4, 0.5) is 5.69 Å². The van der Waals surface area contributed by atoms with Gasteiger partial charge in [0.2, 0.25) is 0 Å². The SMILES string of the molecule is O=C(O)c1cc(S(=O)(=O)Nc2ccc3[nH]ccc3c2)c(Cl)cc1Cl. The molecule has 6 nitrogen and oxygen atoms in total. The molecule has 3 N–H and O–H groups in total. The number of H-pyrrole nitrogens is 1. The number of aromatic amines is 1. The van der Waals surface area contributed by atoms with Crippen LogP contribution < -0.4 is 4.72 Å². The van der Waals surface area contributed by atoms with Crippen LogP contribution >= 0.6 is 23.2 Å². The number of nitrogens with one attached hydrogen (secondary N) is 2. The number of carboxylic acid groups (broad SMARTS) is 1. The minimum absolute atomic E-state index is 0.139. The van der Waals surface area contributed by atoms with Crippen molar-refractivity contribution in [3.63, 3.8) is 0 Å². The number of aromatic nitrogens is 1. The molecule has 0 fully saturated rings. The maximum absolute atomic E-state index is 12.5. The highest BCUT2D eigenvalue weighted by molar-refractivity contribution is 7.92. The van der Waals surface area contributed by atoms with Crippen LogP contribution in [0.25, 0.3) is 10.9 Å². The van der Waals surface area contributed by atoms with Crippen LogP contribution in [0.3, 0.4) is 0 Å². The van der Waals surface area contributed by atoms with E-state index in [0.717, 1.165) is 23.0 Å². The number of sulfonamides is 1. The lowest BCUT2D eigenvalue weighted by Crippen LogP contribution is -2.14. The number of anilines is 1. The number of rotatable bonds is 4. The fourth-order valence-corrected chi connectivity index (χ4v) is 4.13. The molecule has 0 atom stereocenters. The Labute approximate surface area is 147 Å². The summed E-state index contributed by atoms with van der Waals surface area (Å²) in [6, 6.07) is 8.77. The number of hydrogen-bond donors (Lipinski definition) is 3. The predicted molar refractivity (Wildman–Crippen MR) is 92.5 cm³/mol. The molecule has 0 aliphatic carbocycles. The average molecular weight is 385 g/mol. The van der Waals surface area contributed by atoms with E-state index in [1.807, 2.05) is 0 Å². The highest BCUT2D eigenvalue weighted by atomic mass is 35.5. The molecule has 0 spiro atoms. The van der Waals surface area contributed by atoms with Crippen LogP contribution in [0.2, 0.25) is 10.0 Å². The molecule has 3 rings (SSSR count). The van der Waals surface area contributed by atoms with Crippen molar-refractivity contribution in [3.05, 3.63) is 58.2 Å². The Balaban J connectivity index is 2.04. The minimum atomic E-state index is -4.08. The molecule has 0 saturated heterocycles. The summed E-state index contributed by atoms with van der Waals surface area (Å²) in [7, 11) is -4.08. The highest BCUT2D eigenvalue weighted by Crippen LogP contribution is 2.30. The van der Waals surface area contributed by atoms with E-state index in [4.69, 9.17) is 28.3 Å². The number of aromatic carboxylic acids is 1. The Morgan fingerprint density at radius 2 is 1.83 bits per heavy atom. The first kappa shape index (κ1) is 16.6. The predicted octanol–water partition coefficient (Wildman–Crippen LogP) is 3.97. The molecular weight excluding hydrogens is 375 g/mol. The number of benzene rings is 2. The lowest BCUT2D eigenvalue weighted by atomic mass is 10.2. The van der Waals surface area contributed by atoms with Gasteiger partial charge in [-0.2, -0.15) is 0 Å². The van der Waals surface area contributed by atoms with Crippen LogP contribution in [0.15, 0.2) is 47.5 Å². The van der Waals surface area contributed by atoms with E-state index in [1.54, 1.807) is 30.5 Å². The van der Waals surface area contributed by atoms with Gasteiger partial charge < -0.3 is 10.1 Å². The highest BCUT2D eigenvalue weighted by Gasteiger charge is 2.22. The summed E-state index contributed by atoms with van der Waals surface area (Å²) in [6.45, 7) is 0. The topological polar surface area (TPSA) is 99.3 Å². The van der Waals surface area contributed by atoms with Gasteiger partial charge in [0.25, 0.3) is 10.0 Å². The third kappa shape index (κ3) is 3.06. The molecular formula is C15H10Cl2N2O4S. The summed E-state index contributed by atoms with van der Waals surface area (Å²) in [5, 5.41) is 9.60. The van der Waals surface area contributed by atoms with Crippen LogP contribution in [0.1, 0.15) is 10.4 Å². The maximum Gasteiger partial charge on any atom is 0.337 e. The van der Waals surface area contributed by atoms with Crippen molar-refractivity contribution < 1.29 is 18.3 Å². The van der Waals surface area contributed by atoms with Crippen LogP contribution in [-0.4, -0.2) is 24.5 Å². The van der Waals surface area contributed by atoms with Crippen molar-refractivity contribution in [2.45, 2.75) is 4.90 Å². The Bertz CT molecular complexity index is 1060. The first-order valence-electron chi connectivity index (χ1n) is 6.60. The molecule has 0 aliphatic rings. The van der Waals surface area contributed by atoms with Gasteiger partial charge in [0, 0.05) is 22.8 Å². The summed E-state index contributed by atoms with van der Waals surface area (Å²) >= 11 is 11.7. The fraction of sp³-hybridized carbons (Fsp3) is 0. The molecule has 124 valence electrons. The van der Waals surface area contributed by atoms with Gasteiger partial charge in [-0.3, -0.25) is 4.72 Å². The van der Waals surface area contributed by atoms with Crippen molar-refractivity contribution in [2.75, 3.05) is 4.72 Å². The van der Waals surface area contributed by atoms with E-state index in [2.05, 4.69) is 9.71 Å². The van der Waals surface area contributed by atoms with Gasteiger partial charge in [0.1, 0.15) is 4.90 Å². The van der Waals surface area contributed by atoms with Crippen molar-refractivity contribution in [2.24, 2.45) is 0 Å². The third-order valence-electron chi connectivity index (χ3n) is 3.35. The molecule has 1 aromatic heterocycles. The van der Waals surface area contributed by atoms with E-state index in [0.29, 0.717) is 5.69 Å². The third-order valence-corrected chi connectivity index (χ3v) is 5.51. The summed E-state index contributed by atoms with van der Waals surface area (Å²) in [4.78, 5) is 13.8. The van der Waals surface area contributed by atoms with Gasteiger partial charge in [0.05, 0.1) is 15.6 Å². The summed E-state index contributed by atoms with van der Waals surface area (Å²) in [6.07, 6.45) is 1.73. The van der Waals surface area contributed by atoms with E-state index in [9.17, 15) is 13.2 Å². The second-order valence-electron chi connectivity index (χ2n) is 4.95.